The second-order valence-electron chi connectivity index (χ2n) is 12.5. The van der Waals surface area contributed by atoms with Crippen LogP contribution < -0.4 is 15.8 Å². The number of amides is 2. The highest BCUT2D eigenvalue weighted by atomic mass is 19.1. The molecule has 4 rings (SSSR count). The molecule has 0 saturated heterocycles. The van der Waals surface area contributed by atoms with Crippen molar-refractivity contribution in [1.29, 1.82) is 0 Å². The number of halogens is 1. The molecule has 3 aromatic carbocycles. The molecule has 3 atom stereocenters. The first-order chi connectivity index (χ1) is 22.6. The average Bonchev–Trinajstić information content (AvgIpc) is 3.06. The molecule has 0 bridgehead atoms. The summed E-state index contributed by atoms with van der Waals surface area (Å²) in [4.78, 5) is 29.3. The molecule has 0 saturated carbocycles. The summed E-state index contributed by atoms with van der Waals surface area (Å²) in [6, 6.07) is 23.9. The first kappa shape index (κ1) is 35.6. The molecule has 0 radical (unpaired) electrons. The quantitative estimate of drug-likeness (QED) is 0.165. The second kappa shape index (κ2) is 17.0. The lowest BCUT2D eigenvalue weighted by atomic mass is 9.63. The van der Waals surface area contributed by atoms with E-state index in [0.29, 0.717) is 42.1 Å². The van der Waals surface area contributed by atoms with E-state index in [1.165, 1.54) is 12.1 Å². The third-order valence-electron chi connectivity index (χ3n) is 8.66. The summed E-state index contributed by atoms with van der Waals surface area (Å²) in [7, 11) is 0. The molecule has 0 aromatic heterocycles. The van der Waals surface area contributed by atoms with Gasteiger partial charge in [-0.15, -0.1) is 0 Å². The van der Waals surface area contributed by atoms with Crippen LogP contribution in [0.5, 0.6) is 5.75 Å². The van der Waals surface area contributed by atoms with Gasteiger partial charge in [-0.25, -0.2) is 4.39 Å². The van der Waals surface area contributed by atoms with Gasteiger partial charge in [0.15, 0.2) is 0 Å². The maximum Gasteiger partial charge on any atom is 0.249 e. The summed E-state index contributed by atoms with van der Waals surface area (Å²) in [6.45, 7) is 8.00. The Morgan fingerprint density at radius 3 is 2.23 bits per heavy atom. The van der Waals surface area contributed by atoms with Crippen LogP contribution in [0, 0.1) is 17.2 Å². The van der Waals surface area contributed by atoms with E-state index in [1.54, 1.807) is 12.1 Å². The number of carbonyl (C=O) groups is 2. The Morgan fingerprint density at radius 2 is 1.62 bits per heavy atom. The zero-order valence-electron chi connectivity index (χ0n) is 27.8. The third-order valence-corrected chi connectivity index (χ3v) is 8.66. The van der Waals surface area contributed by atoms with Gasteiger partial charge in [-0.3, -0.25) is 9.59 Å². The van der Waals surface area contributed by atoms with Gasteiger partial charge in [0.1, 0.15) is 18.2 Å². The number of rotatable bonds is 17. The van der Waals surface area contributed by atoms with Gasteiger partial charge in [-0.05, 0) is 61.4 Å². The number of benzene rings is 3. The molecule has 0 spiro atoms. The van der Waals surface area contributed by atoms with Gasteiger partial charge in [0.2, 0.25) is 11.8 Å². The summed E-state index contributed by atoms with van der Waals surface area (Å²) in [5.41, 5.74) is 8.56. The Morgan fingerprint density at radius 1 is 0.979 bits per heavy atom. The van der Waals surface area contributed by atoms with Gasteiger partial charge in [-0.2, -0.15) is 0 Å². The monoisotopic (exact) mass is 641 g/mol. The Balaban J connectivity index is 1.67. The van der Waals surface area contributed by atoms with Crippen LogP contribution in [0.4, 0.5) is 4.39 Å². The first-order valence-corrected chi connectivity index (χ1v) is 16.5. The summed E-state index contributed by atoms with van der Waals surface area (Å²) in [5.74, 6) is -1.71. The largest absolute Gasteiger partial charge is 0.489 e. The van der Waals surface area contributed by atoms with E-state index in [1.807, 2.05) is 92.4 Å². The van der Waals surface area contributed by atoms with Gasteiger partial charge in [-0.1, -0.05) is 92.2 Å². The number of nitrogens with two attached hydrogens (primary N) is 1. The molecule has 0 fully saturated rings. The lowest BCUT2D eigenvalue weighted by Gasteiger charge is -2.42. The summed E-state index contributed by atoms with van der Waals surface area (Å²) < 4.78 is 21.0. The molecule has 3 aromatic rings. The van der Waals surface area contributed by atoms with E-state index in [9.17, 15) is 14.7 Å². The van der Waals surface area contributed by atoms with E-state index in [2.05, 4.69) is 5.32 Å². The number of hydrogen-bond donors (Lipinski definition) is 3. The fourth-order valence-electron chi connectivity index (χ4n) is 6.49. The van der Waals surface area contributed by atoms with Crippen molar-refractivity contribution in [2.24, 2.45) is 17.1 Å². The van der Waals surface area contributed by atoms with E-state index in [4.69, 9.17) is 10.5 Å². The predicted molar refractivity (Wildman–Crippen MR) is 184 cm³/mol. The van der Waals surface area contributed by atoms with Crippen LogP contribution in [0.3, 0.4) is 0 Å². The van der Waals surface area contributed by atoms with Crippen LogP contribution >= 0.6 is 0 Å². The molecular weight excluding hydrogens is 593 g/mol. The standard InChI is InChI=1S/C39H48FN3O4/c1-4-16-43(17-5-2)37(45)32-18-28(3)23-39(24-32,38(41)46)35(36(44)26-42-25-29-12-8-6-9-13-29)21-31-19-33(40)22-34(20-31)47-27-30-14-10-7-11-15-30/h6-15,18-20,22-23,35-36,42,44H,4-5,16-17,21,24-27H2,1-3H3,(H2,41,46)/t35-,36+,39?/m1/s1. The van der Waals surface area contributed by atoms with Crippen molar-refractivity contribution < 1.29 is 23.8 Å². The number of allylic oxidation sites excluding steroid dienone is 2. The Labute approximate surface area is 278 Å². The smallest absolute Gasteiger partial charge is 0.249 e. The topological polar surface area (TPSA) is 105 Å². The molecule has 2 amide bonds. The van der Waals surface area contributed by atoms with Crippen molar-refractivity contribution in [2.45, 2.75) is 65.7 Å². The maximum atomic E-state index is 15.0. The van der Waals surface area contributed by atoms with Crippen molar-refractivity contribution in [1.82, 2.24) is 10.2 Å². The fraction of sp³-hybridized carbons (Fsp3) is 0.385. The number of nitrogens with one attached hydrogen (secondary N) is 1. The molecule has 47 heavy (non-hydrogen) atoms. The Kier molecular flexibility index (Phi) is 12.9. The van der Waals surface area contributed by atoms with Crippen LogP contribution in [0.1, 0.15) is 56.7 Å². The number of hydrogen-bond acceptors (Lipinski definition) is 5. The van der Waals surface area contributed by atoms with E-state index in [0.717, 1.165) is 24.0 Å². The molecule has 4 N–H and O–H groups in total. The fourth-order valence-corrected chi connectivity index (χ4v) is 6.49. The predicted octanol–water partition coefficient (Wildman–Crippen LogP) is 6.11. The molecule has 0 aliphatic heterocycles. The SMILES string of the molecule is CCCN(CCC)C(=O)C1=CC(C)=CC(C(N)=O)([C@H](Cc2cc(F)cc(OCc3ccccc3)c2)[C@@H](O)CNCc2ccccc2)C1. The molecule has 7 nitrogen and oxygen atoms in total. The zero-order valence-corrected chi connectivity index (χ0v) is 27.8. The highest BCUT2D eigenvalue weighted by Gasteiger charge is 2.48. The lowest BCUT2D eigenvalue weighted by Crippen LogP contribution is -2.51. The van der Waals surface area contributed by atoms with E-state index >= 15 is 4.39 Å². The molecule has 250 valence electrons. The van der Waals surface area contributed by atoms with E-state index in [-0.39, 0.29) is 31.9 Å². The summed E-state index contributed by atoms with van der Waals surface area (Å²) in [6.07, 6.45) is 4.30. The average molecular weight is 642 g/mol. The molecular formula is C39H48FN3O4. The highest BCUT2D eigenvalue weighted by molar-refractivity contribution is 5.97. The van der Waals surface area contributed by atoms with Crippen LogP contribution in [0.25, 0.3) is 0 Å². The number of carbonyl (C=O) groups excluding carboxylic acids is 2. The van der Waals surface area contributed by atoms with Crippen LogP contribution in [0.2, 0.25) is 0 Å². The van der Waals surface area contributed by atoms with Crippen molar-refractivity contribution in [3.05, 3.63) is 125 Å². The third kappa shape index (κ3) is 9.62. The normalized spacial score (nSPS) is 17.3. The molecule has 1 unspecified atom stereocenters. The minimum atomic E-state index is -1.40. The van der Waals surface area contributed by atoms with E-state index < -0.39 is 29.2 Å². The lowest BCUT2D eigenvalue weighted by molar-refractivity contribution is -0.132. The van der Waals surface area contributed by atoms with Gasteiger partial charge >= 0.3 is 0 Å². The molecule has 1 aliphatic rings. The minimum Gasteiger partial charge on any atom is -0.489 e. The molecule has 8 heteroatoms. The summed E-state index contributed by atoms with van der Waals surface area (Å²) in [5, 5.41) is 15.2. The Hall–Kier alpha value is -4.27. The van der Waals surface area contributed by atoms with Gasteiger partial charge < -0.3 is 25.8 Å². The second-order valence-corrected chi connectivity index (χ2v) is 12.5. The number of nitrogens with zero attached hydrogens (tertiary/aromatic N) is 1. The Bertz CT molecular complexity index is 1540. The number of aliphatic hydroxyl groups is 1. The zero-order chi connectivity index (χ0) is 33.8. The number of primary amides is 1. The van der Waals surface area contributed by atoms with Crippen molar-refractivity contribution >= 4 is 11.8 Å². The van der Waals surface area contributed by atoms with Gasteiger partial charge in [0.05, 0.1) is 11.5 Å². The first-order valence-electron chi connectivity index (χ1n) is 16.5. The van der Waals surface area contributed by atoms with Crippen LogP contribution in [-0.4, -0.2) is 47.6 Å². The maximum absolute atomic E-state index is 15.0. The van der Waals surface area contributed by atoms with Crippen LogP contribution in [-0.2, 0) is 29.2 Å². The van der Waals surface area contributed by atoms with Crippen molar-refractivity contribution in [2.75, 3.05) is 19.6 Å². The van der Waals surface area contributed by atoms with Gasteiger partial charge in [0.25, 0.3) is 0 Å². The molecule has 1 aliphatic carbocycles. The highest BCUT2D eigenvalue weighted by Crippen LogP contribution is 2.44. The molecule has 0 heterocycles. The van der Waals surface area contributed by atoms with Crippen molar-refractivity contribution in [3.8, 4) is 5.75 Å². The number of aliphatic hydroxyl groups excluding tert-OH is 1. The van der Waals surface area contributed by atoms with Gasteiger partial charge in [0, 0.05) is 43.7 Å². The summed E-state index contributed by atoms with van der Waals surface area (Å²) >= 11 is 0. The minimum absolute atomic E-state index is 0.0372. The number of ether oxygens (including phenoxy) is 1. The van der Waals surface area contributed by atoms with Crippen molar-refractivity contribution in [3.63, 3.8) is 0 Å². The van der Waals surface area contributed by atoms with Crippen LogP contribution in [0.15, 0.2) is 102 Å².